The maximum absolute atomic E-state index is 13.0. The molecule has 0 saturated heterocycles. The molecule has 1 amide bonds. The molecule has 2 aromatic carbocycles. The lowest BCUT2D eigenvalue weighted by Crippen LogP contribution is -2.13. The summed E-state index contributed by atoms with van der Waals surface area (Å²) in [6.45, 7) is 8.35. The van der Waals surface area contributed by atoms with Gasteiger partial charge in [-0.25, -0.2) is 8.42 Å². The minimum absolute atomic E-state index is 0.127. The Morgan fingerprint density at radius 2 is 1.53 bits per heavy atom. The van der Waals surface area contributed by atoms with Gasteiger partial charge in [-0.05, 0) is 42.8 Å². The van der Waals surface area contributed by atoms with Crippen LogP contribution >= 0.6 is 11.6 Å². The summed E-state index contributed by atoms with van der Waals surface area (Å²) < 4.78 is 27.1. The van der Waals surface area contributed by atoms with Crippen LogP contribution in [0.5, 0.6) is 0 Å². The molecule has 10 heteroatoms. The molecule has 4 rings (SSSR count). The van der Waals surface area contributed by atoms with Crippen LogP contribution in [0.1, 0.15) is 108 Å². The van der Waals surface area contributed by atoms with Crippen molar-refractivity contribution in [2.75, 3.05) is 11.1 Å². The van der Waals surface area contributed by atoms with E-state index in [1.165, 1.54) is 61.7 Å². The van der Waals surface area contributed by atoms with Crippen molar-refractivity contribution in [2.45, 2.75) is 102 Å². The first-order valence-corrected chi connectivity index (χ1v) is 17.4. The highest BCUT2D eigenvalue weighted by atomic mass is 35.5. The third kappa shape index (κ3) is 8.70. The van der Waals surface area contributed by atoms with E-state index in [9.17, 15) is 13.2 Å². The summed E-state index contributed by atoms with van der Waals surface area (Å²) in [5, 5.41) is 12.5. The topological polar surface area (TPSA) is 109 Å². The van der Waals surface area contributed by atoms with Crippen molar-refractivity contribution in [2.24, 2.45) is 0 Å². The summed E-state index contributed by atoms with van der Waals surface area (Å²) in [6.07, 6.45) is 11.5. The molecule has 0 saturated carbocycles. The van der Waals surface area contributed by atoms with Crippen LogP contribution in [0, 0.1) is 0 Å². The van der Waals surface area contributed by atoms with Crippen molar-refractivity contribution in [3.63, 3.8) is 0 Å². The SMILES string of the molecule is CCCCCCCCCCCCS(=O)(=O)c1ccc(C(=O)Nc2cccc(-c3nn4nc(C(C)(C)C)c(Cl)c4[nH]3)c2)cc1. The minimum Gasteiger partial charge on any atom is -0.322 e. The van der Waals surface area contributed by atoms with Gasteiger partial charge < -0.3 is 10.3 Å². The van der Waals surface area contributed by atoms with Gasteiger partial charge in [-0.15, -0.1) is 9.73 Å². The Bertz CT molecular complexity index is 1620. The number of halogens is 1. The van der Waals surface area contributed by atoms with Gasteiger partial charge in [-0.3, -0.25) is 4.79 Å². The molecule has 0 aliphatic rings. The molecule has 0 unspecified atom stereocenters. The number of aromatic amines is 1. The van der Waals surface area contributed by atoms with Gasteiger partial charge >= 0.3 is 0 Å². The predicted octanol–water partition coefficient (Wildman–Crippen LogP) is 8.62. The number of aromatic nitrogens is 4. The zero-order valence-corrected chi connectivity index (χ0v) is 27.3. The fraction of sp³-hybridized carbons (Fsp3) is 0.485. The maximum Gasteiger partial charge on any atom is 0.255 e. The van der Waals surface area contributed by atoms with E-state index >= 15 is 0 Å². The van der Waals surface area contributed by atoms with Crippen molar-refractivity contribution >= 4 is 38.7 Å². The van der Waals surface area contributed by atoms with E-state index < -0.39 is 9.84 Å². The van der Waals surface area contributed by atoms with Crippen LogP contribution in [-0.2, 0) is 15.3 Å². The smallest absolute Gasteiger partial charge is 0.255 e. The molecule has 4 aromatic rings. The summed E-state index contributed by atoms with van der Waals surface area (Å²) in [6, 6.07) is 13.4. The van der Waals surface area contributed by atoms with Crippen molar-refractivity contribution in [1.29, 1.82) is 0 Å². The number of carbonyl (C=O) groups excluding carboxylic acids is 1. The highest BCUT2D eigenvalue weighted by Gasteiger charge is 2.25. The predicted molar refractivity (Wildman–Crippen MR) is 175 cm³/mol. The van der Waals surface area contributed by atoms with Gasteiger partial charge in [0.1, 0.15) is 5.02 Å². The third-order valence-electron chi connectivity index (χ3n) is 7.59. The number of unbranched alkanes of at least 4 members (excludes halogenated alkanes) is 9. The summed E-state index contributed by atoms with van der Waals surface area (Å²) in [5.74, 6) is 0.364. The second-order valence-electron chi connectivity index (χ2n) is 12.3. The van der Waals surface area contributed by atoms with Crippen LogP contribution in [0.15, 0.2) is 53.4 Å². The van der Waals surface area contributed by atoms with Crippen molar-refractivity contribution in [3.05, 3.63) is 64.8 Å². The molecule has 0 spiro atoms. The molecule has 0 bridgehead atoms. The Kier molecular flexibility index (Phi) is 11.1. The number of hydrogen-bond acceptors (Lipinski definition) is 5. The Morgan fingerprint density at radius 1 is 0.907 bits per heavy atom. The van der Waals surface area contributed by atoms with Crippen LogP contribution < -0.4 is 5.32 Å². The second kappa shape index (κ2) is 14.5. The lowest BCUT2D eigenvalue weighted by molar-refractivity contribution is 0.102. The number of hydrogen-bond donors (Lipinski definition) is 2. The van der Waals surface area contributed by atoms with E-state index in [0.717, 1.165) is 24.1 Å². The Labute approximate surface area is 260 Å². The molecule has 0 radical (unpaired) electrons. The largest absolute Gasteiger partial charge is 0.322 e. The number of amides is 1. The van der Waals surface area contributed by atoms with E-state index in [4.69, 9.17) is 11.6 Å². The number of carbonyl (C=O) groups is 1. The standard InChI is InChI=1S/C33H44ClN5O3S/c1-5-6-7-8-9-10-11-12-13-14-22-43(41,42)27-20-18-24(19-21-27)32(40)35-26-17-15-16-25(23-26)30-36-31-28(34)29(33(2,3)4)37-39(31)38-30/h15-21,23H,5-14,22H2,1-4H3,(H,35,40)(H,36,38). The first kappa shape index (κ1) is 32.7. The Hall–Kier alpha value is -3.17. The monoisotopic (exact) mass is 625 g/mol. The lowest BCUT2D eigenvalue weighted by Gasteiger charge is -2.14. The molecule has 0 aliphatic heterocycles. The van der Waals surface area contributed by atoms with Gasteiger partial charge in [0.2, 0.25) is 0 Å². The quantitative estimate of drug-likeness (QED) is 0.129. The fourth-order valence-corrected chi connectivity index (χ4v) is 6.88. The van der Waals surface area contributed by atoms with Gasteiger partial charge in [-0.2, -0.15) is 5.10 Å². The minimum atomic E-state index is -3.38. The van der Waals surface area contributed by atoms with Crippen molar-refractivity contribution < 1.29 is 13.2 Å². The van der Waals surface area contributed by atoms with Gasteiger partial charge in [0.15, 0.2) is 21.3 Å². The number of nitrogens with zero attached hydrogens (tertiary/aromatic N) is 3. The summed E-state index contributed by atoms with van der Waals surface area (Å²) in [5.41, 5.74) is 2.87. The van der Waals surface area contributed by atoms with Gasteiger partial charge in [0.25, 0.3) is 5.91 Å². The number of nitrogens with one attached hydrogen (secondary N) is 2. The molecule has 0 aliphatic carbocycles. The third-order valence-corrected chi connectivity index (χ3v) is 9.76. The molecule has 0 fully saturated rings. The van der Waals surface area contributed by atoms with Crippen molar-refractivity contribution in [3.8, 4) is 11.4 Å². The molecular weight excluding hydrogens is 582 g/mol. The van der Waals surface area contributed by atoms with Gasteiger partial charge in [-0.1, -0.05) is 109 Å². The average Bonchev–Trinajstić information content (AvgIpc) is 3.53. The van der Waals surface area contributed by atoms with Crippen LogP contribution in [0.2, 0.25) is 5.02 Å². The number of anilines is 1. The molecular formula is C33H44ClN5O3S. The number of sulfone groups is 1. The Morgan fingerprint density at radius 3 is 2.14 bits per heavy atom. The van der Waals surface area contributed by atoms with E-state index in [1.807, 2.05) is 32.9 Å². The molecule has 2 N–H and O–H groups in total. The van der Waals surface area contributed by atoms with E-state index in [0.29, 0.717) is 34.2 Å². The van der Waals surface area contributed by atoms with Gasteiger partial charge in [0, 0.05) is 22.2 Å². The lowest BCUT2D eigenvalue weighted by atomic mass is 9.92. The maximum atomic E-state index is 13.0. The van der Waals surface area contributed by atoms with E-state index in [1.54, 1.807) is 24.3 Å². The van der Waals surface area contributed by atoms with Crippen LogP contribution in [0.3, 0.4) is 0 Å². The van der Waals surface area contributed by atoms with Crippen LogP contribution in [-0.4, -0.2) is 39.9 Å². The zero-order chi connectivity index (χ0) is 31.0. The van der Waals surface area contributed by atoms with E-state index in [2.05, 4.69) is 27.4 Å². The van der Waals surface area contributed by atoms with Gasteiger partial charge in [0.05, 0.1) is 16.3 Å². The van der Waals surface area contributed by atoms with E-state index in [-0.39, 0.29) is 22.0 Å². The highest BCUT2D eigenvalue weighted by Crippen LogP contribution is 2.32. The number of fused-ring (bicyclic) bond motifs is 1. The number of rotatable bonds is 15. The van der Waals surface area contributed by atoms with Crippen LogP contribution in [0.4, 0.5) is 5.69 Å². The molecule has 8 nitrogen and oxygen atoms in total. The highest BCUT2D eigenvalue weighted by molar-refractivity contribution is 7.91. The molecule has 43 heavy (non-hydrogen) atoms. The molecule has 232 valence electrons. The first-order valence-electron chi connectivity index (χ1n) is 15.4. The number of H-pyrrole nitrogens is 1. The first-order chi connectivity index (χ1) is 20.5. The summed E-state index contributed by atoms with van der Waals surface area (Å²) in [7, 11) is -3.38. The molecule has 2 aromatic heterocycles. The summed E-state index contributed by atoms with van der Waals surface area (Å²) in [4.78, 5) is 16.4. The normalized spacial score (nSPS) is 12.2. The summed E-state index contributed by atoms with van der Waals surface area (Å²) >= 11 is 6.57. The number of benzene rings is 2. The zero-order valence-electron chi connectivity index (χ0n) is 25.7. The van der Waals surface area contributed by atoms with Crippen LogP contribution in [0.25, 0.3) is 17.0 Å². The Balaban J connectivity index is 1.30. The van der Waals surface area contributed by atoms with Crippen molar-refractivity contribution in [1.82, 2.24) is 19.8 Å². The average molecular weight is 626 g/mol. The second-order valence-corrected chi connectivity index (χ2v) is 14.8. The molecule has 0 atom stereocenters. The molecule has 2 heterocycles. The fourth-order valence-electron chi connectivity index (χ4n) is 5.07.